The number of sulfonamides is 1. The molecule has 3 aromatic rings. The number of carbonyl (C=O) groups is 1. The van der Waals surface area contributed by atoms with E-state index in [1.54, 1.807) is 0 Å². The molecule has 0 spiro atoms. The summed E-state index contributed by atoms with van der Waals surface area (Å²) in [6, 6.07) is 14.8. The van der Waals surface area contributed by atoms with Crippen molar-refractivity contribution in [2.24, 2.45) is 5.14 Å². The van der Waals surface area contributed by atoms with Gasteiger partial charge in [-0.2, -0.15) is 5.10 Å². The quantitative estimate of drug-likeness (QED) is 0.551. The maximum absolute atomic E-state index is 12.2. The number of benzene rings is 2. The zero-order chi connectivity index (χ0) is 19.8. The van der Waals surface area contributed by atoms with Crippen LogP contribution in [0.1, 0.15) is 18.2 Å². The topological polar surface area (TPSA) is 126 Å². The average Bonchev–Trinajstić information content (AvgIpc) is 3.03. The molecule has 1 atom stereocenters. The van der Waals surface area contributed by atoms with Gasteiger partial charge in [0.2, 0.25) is 10.0 Å². The first kappa shape index (κ1) is 19.3. The first-order valence-electron chi connectivity index (χ1n) is 7.82. The maximum Gasteiger partial charge on any atom is 0.320 e. The van der Waals surface area contributed by atoms with Gasteiger partial charge < -0.3 is 5.11 Å². The van der Waals surface area contributed by atoms with E-state index < -0.39 is 21.4 Å². The van der Waals surface area contributed by atoms with E-state index in [2.05, 4.69) is 26.1 Å². The van der Waals surface area contributed by atoms with E-state index in [0.717, 1.165) is 5.56 Å². The molecule has 0 fully saturated rings. The zero-order valence-corrected chi connectivity index (χ0v) is 16.6. The fourth-order valence-electron chi connectivity index (χ4n) is 2.80. The molecule has 0 saturated carbocycles. The number of H-pyrrole nitrogens is 1. The molecule has 140 valence electrons. The van der Waals surface area contributed by atoms with Gasteiger partial charge in [-0.05, 0) is 40.5 Å². The summed E-state index contributed by atoms with van der Waals surface area (Å²) in [7, 11) is -3.87. The Kier molecular flexibility index (Phi) is 4.94. The molecule has 4 N–H and O–H groups in total. The average molecular weight is 450 g/mol. The van der Waals surface area contributed by atoms with E-state index in [-0.39, 0.29) is 10.6 Å². The van der Waals surface area contributed by atoms with Crippen LogP contribution in [0.3, 0.4) is 0 Å². The smallest absolute Gasteiger partial charge is 0.320 e. The molecular weight excluding hydrogens is 434 g/mol. The number of nitrogens with zero attached hydrogens (tertiary/aromatic N) is 1. The Morgan fingerprint density at radius 3 is 2.26 bits per heavy atom. The van der Waals surface area contributed by atoms with Crippen LogP contribution < -0.4 is 5.14 Å². The zero-order valence-electron chi connectivity index (χ0n) is 14.2. The van der Waals surface area contributed by atoms with Gasteiger partial charge in [-0.15, -0.1) is 0 Å². The molecule has 0 bridgehead atoms. The molecule has 0 saturated heterocycles. The molecule has 0 aliphatic rings. The van der Waals surface area contributed by atoms with Gasteiger partial charge in [-0.25, -0.2) is 13.6 Å². The van der Waals surface area contributed by atoms with Gasteiger partial charge in [-0.1, -0.05) is 42.5 Å². The molecular formula is C18H16BrN3O4S. The first-order valence-corrected chi connectivity index (χ1v) is 10.2. The van der Waals surface area contributed by atoms with Gasteiger partial charge in [0.05, 0.1) is 20.8 Å². The number of aromatic amines is 1. The summed E-state index contributed by atoms with van der Waals surface area (Å²) in [5.41, 5.74) is 0.630. The van der Waals surface area contributed by atoms with Crippen LogP contribution in [0.15, 0.2) is 64.0 Å². The number of carboxylic acids is 1. The lowest BCUT2D eigenvalue weighted by atomic mass is 9.79. The summed E-state index contributed by atoms with van der Waals surface area (Å²) in [6.07, 6.45) is 0. The largest absolute Gasteiger partial charge is 0.480 e. The lowest BCUT2D eigenvalue weighted by Gasteiger charge is -2.24. The predicted octanol–water partition coefficient (Wildman–Crippen LogP) is 2.88. The highest BCUT2D eigenvalue weighted by Gasteiger charge is 2.42. The number of nitrogens with two attached hydrogens (primary N) is 1. The summed E-state index contributed by atoms with van der Waals surface area (Å²) >= 11 is 3.46. The van der Waals surface area contributed by atoms with Crippen molar-refractivity contribution >= 4 is 31.9 Å². The number of rotatable bonds is 5. The molecule has 9 heteroatoms. The fourth-order valence-corrected chi connectivity index (χ4v) is 4.11. The number of aromatic nitrogens is 2. The highest BCUT2D eigenvalue weighted by molar-refractivity contribution is 9.10. The number of nitrogens with one attached hydrogen (secondary N) is 1. The molecule has 0 amide bonds. The summed E-state index contributed by atoms with van der Waals surface area (Å²) in [6.45, 7) is 1.51. The molecule has 1 unspecified atom stereocenters. The van der Waals surface area contributed by atoms with Crippen LogP contribution in [-0.4, -0.2) is 29.7 Å². The monoisotopic (exact) mass is 449 g/mol. The Balaban J connectivity index is 2.14. The number of halogens is 1. The van der Waals surface area contributed by atoms with Crippen LogP contribution in [-0.2, 0) is 20.2 Å². The minimum Gasteiger partial charge on any atom is -0.480 e. The molecule has 1 heterocycles. The third-order valence-corrected chi connectivity index (χ3v) is 6.13. The number of hydrogen-bond donors (Lipinski definition) is 3. The van der Waals surface area contributed by atoms with Gasteiger partial charge >= 0.3 is 5.97 Å². The van der Waals surface area contributed by atoms with Crippen molar-refractivity contribution < 1.29 is 18.3 Å². The van der Waals surface area contributed by atoms with Crippen molar-refractivity contribution in [3.63, 3.8) is 0 Å². The van der Waals surface area contributed by atoms with E-state index in [4.69, 9.17) is 5.14 Å². The van der Waals surface area contributed by atoms with Crippen LogP contribution in [0.2, 0.25) is 0 Å². The fraction of sp³-hybridized carbons (Fsp3) is 0.111. The Labute approximate surface area is 164 Å². The highest BCUT2D eigenvalue weighted by Crippen LogP contribution is 2.39. The summed E-state index contributed by atoms with van der Waals surface area (Å²) < 4.78 is 23.4. The maximum atomic E-state index is 12.2. The Morgan fingerprint density at radius 1 is 1.15 bits per heavy atom. The predicted molar refractivity (Wildman–Crippen MR) is 104 cm³/mol. The van der Waals surface area contributed by atoms with Crippen molar-refractivity contribution in [1.29, 1.82) is 0 Å². The van der Waals surface area contributed by atoms with Gasteiger partial charge in [0.1, 0.15) is 5.41 Å². The molecule has 0 radical (unpaired) electrons. The van der Waals surface area contributed by atoms with E-state index in [1.807, 2.05) is 30.3 Å². The van der Waals surface area contributed by atoms with Crippen LogP contribution in [0.5, 0.6) is 0 Å². The van der Waals surface area contributed by atoms with Crippen LogP contribution in [0, 0.1) is 0 Å². The second kappa shape index (κ2) is 6.91. The minimum absolute atomic E-state index is 0.0925. The Morgan fingerprint density at radius 2 is 1.74 bits per heavy atom. The highest BCUT2D eigenvalue weighted by atomic mass is 79.9. The summed E-state index contributed by atoms with van der Waals surface area (Å²) in [5, 5.41) is 22.2. The number of primary sulfonamides is 1. The number of carboxylic acid groups (broad SMARTS) is 1. The van der Waals surface area contributed by atoms with Gasteiger partial charge in [0, 0.05) is 5.56 Å². The van der Waals surface area contributed by atoms with Gasteiger partial charge in [0.25, 0.3) is 0 Å². The van der Waals surface area contributed by atoms with E-state index in [9.17, 15) is 18.3 Å². The van der Waals surface area contributed by atoms with Crippen molar-refractivity contribution in [3.05, 3.63) is 70.3 Å². The van der Waals surface area contributed by atoms with Gasteiger partial charge in [-0.3, -0.25) is 9.89 Å². The normalized spacial score (nSPS) is 13.9. The Hall–Kier alpha value is -2.49. The molecule has 2 aromatic carbocycles. The molecule has 27 heavy (non-hydrogen) atoms. The number of aliphatic carboxylic acids is 1. The van der Waals surface area contributed by atoms with Crippen molar-refractivity contribution in [2.75, 3.05) is 0 Å². The van der Waals surface area contributed by atoms with Crippen molar-refractivity contribution in [2.45, 2.75) is 17.2 Å². The molecule has 0 aliphatic carbocycles. The molecule has 0 aliphatic heterocycles. The van der Waals surface area contributed by atoms with E-state index in [0.29, 0.717) is 15.7 Å². The first-order chi connectivity index (χ1) is 12.7. The van der Waals surface area contributed by atoms with Crippen molar-refractivity contribution in [3.8, 4) is 11.3 Å². The SMILES string of the molecule is CC(C(=O)O)(c1ccc(S(N)(=O)=O)cc1)c1n[nH]c(-c2ccccc2)c1Br. The molecule has 7 nitrogen and oxygen atoms in total. The summed E-state index contributed by atoms with van der Waals surface area (Å²) in [4.78, 5) is 12.1. The minimum atomic E-state index is -3.87. The lowest BCUT2D eigenvalue weighted by Crippen LogP contribution is -2.34. The van der Waals surface area contributed by atoms with Crippen LogP contribution >= 0.6 is 15.9 Å². The lowest BCUT2D eigenvalue weighted by molar-refractivity contribution is -0.141. The van der Waals surface area contributed by atoms with Gasteiger partial charge in [0.15, 0.2) is 0 Å². The molecule has 3 rings (SSSR count). The standard InChI is InChI=1S/C18H16BrN3O4S/c1-18(17(23)24,12-7-9-13(10-8-12)27(20,25)26)16-14(19)15(21-22-16)11-5-3-2-4-6-11/h2-10H,1H3,(H,21,22)(H,23,24)(H2,20,25,26). The third kappa shape index (κ3) is 3.41. The second-order valence-corrected chi connectivity index (χ2v) is 8.48. The van der Waals surface area contributed by atoms with E-state index in [1.165, 1.54) is 31.2 Å². The second-order valence-electron chi connectivity index (χ2n) is 6.13. The van der Waals surface area contributed by atoms with Crippen LogP contribution in [0.25, 0.3) is 11.3 Å². The third-order valence-electron chi connectivity index (χ3n) is 4.43. The van der Waals surface area contributed by atoms with E-state index >= 15 is 0 Å². The summed E-state index contributed by atoms with van der Waals surface area (Å²) in [5.74, 6) is -1.13. The van der Waals surface area contributed by atoms with Crippen LogP contribution in [0.4, 0.5) is 0 Å². The molecule has 1 aromatic heterocycles. The Bertz CT molecular complexity index is 1100. The number of hydrogen-bond acceptors (Lipinski definition) is 4. The van der Waals surface area contributed by atoms with Crippen molar-refractivity contribution in [1.82, 2.24) is 10.2 Å².